The molecule has 1 aliphatic rings. The topological polar surface area (TPSA) is 49.7 Å². The van der Waals surface area contributed by atoms with Crippen LogP contribution in [0.15, 0.2) is 5.18 Å². The molecule has 0 bridgehead atoms. The maximum absolute atomic E-state index is 10.5. The maximum Gasteiger partial charge on any atom is 0.0995 e. The molecule has 0 saturated heterocycles. The Hall–Kier alpha value is -0.440. The molecule has 0 aliphatic heterocycles. The van der Waals surface area contributed by atoms with Gasteiger partial charge < -0.3 is 5.11 Å². The molecular weight excluding hydrogens is 154 g/mol. The predicted molar refractivity (Wildman–Crippen MR) is 47.7 cm³/mol. The normalized spacial score (nSPS) is 48.8. The average molecular weight is 171 g/mol. The van der Waals surface area contributed by atoms with E-state index in [1.807, 2.05) is 20.8 Å². The molecule has 1 aliphatic carbocycles. The SMILES string of the molecule is CC1C[C@H](C)[C@H](N=O)C(C)[C@@H]1O. The zero-order valence-electron chi connectivity index (χ0n) is 7.90. The molecule has 1 fully saturated rings. The Balaban J connectivity index is 2.71. The molecule has 2 unspecified atom stereocenters. The minimum atomic E-state index is -0.358. The number of rotatable bonds is 1. The largest absolute Gasteiger partial charge is 0.392 e. The molecule has 1 N–H and O–H groups in total. The van der Waals surface area contributed by atoms with Crippen LogP contribution in [-0.2, 0) is 0 Å². The van der Waals surface area contributed by atoms with Crippen molar-refractivity contribution in [2.24, 2.45) is 22.9 Å². The van der Waals surface area contributed by atoms with Crippen molar-refractivity contribution in [1.82, 2.24) is 0 Å². The first-order valence-corrected chi connectivity index (χ1v) is 4.58. The van der Waals surface area contributed by atoms with Crippen molar-refractivity contribution in [3.63, 3.8) is 0 Å². The van der Waals surface area contributed by atoms with E-state index in [4.69, 9.17) is 0 Å². The van der Waals surface area contributed by atoms with Crippen LogP contribution in [0.3, 0.4) is 0 Å². The minimum absolute atomic E-state index is 0.0150. The van der Waals surface area contributed by atoms with Crippen LogP contribution in [0.2, 0.25) is 0 Å². The Labute approximate surface area is 73.1 Å². The molecule has 70 valence electrons. The van der Waals surface area contributed by atoms with Gasteiger partial charge in [-0.3, -0.25) is 0 Å². The molecule has 0 spiro atoms. The van der Waals surface area contributed by atoms with Crippen molar-refractivity contribution >= 4 is 0 Å². The van der Waals surface area contributed by atoms with E-state index in [-0.39, 0.29) is 18.1 Å². The Bertz CT molecular complexity index is 172. The number of aliphatic hydroxyl groups excluding tert-OH is 1. The quantitative estimate of drug-likeness (QED) is 0.611. The van der Waals surface area contributed by atoms with Gasteiger partial charge >= 0.3 is 0 Å². The fraction of sp³-hybridized carbons (Fsp3) is 1.00. The lowest BCUT2D eigenvalue weighted by Gasteiger charge is -2.37. The highest BCUT2D eigenvalue weighted by atomic mass is 16.3. The predicted octanol–water partition coefficient (Wildman–Crippen LogP) is 1.79. The molecule has 12 heavy (non-hydrogen) atoms. The second kappa shape index (κ2) is 3.52. The second-order valence-electron chi connectivity index (χ2n) is 4.14. The van der Waals surface area contributed by atoms with Crippen LogP contribution >= 0.6 is 0 Å². The molecule has 0 aromatic carbocycles. The molecule has 0 amide bonds. The first kappa shape index (κ1) is 9.65. The Morgan fingerprint density at radius 3 is 2.33 bits per heavy atom. The Kier molecular flexibility index (Phi) is 2.83. The summed E-state index contributed by atoms with van der Waals surface area (Å²) < 4.78 is 0. The summed E-state index contributed by atoms with van der Waals surface area (Å²) in [5.74, 6) is 0.630. The third kappa shape index (κ3) is 1.51. The van der Waals surface area contributed by atoms with Gasteiger partial charge in [0.25, 0.3) is 0 Å². The van der Waals surface area contributed by atoms with Crippen LogP contribution < -0.4 is 0 Å². The smallest absolute Gasteiger partial charge is 0.0995 e. The van der Waals surface area contributed by atoms with Gasteiger partial charge in [-0.25, -0.2) is 0 Å². The van der Waals surface area contributed by atoms with E-state index in [1.54, 1.807) is 0 Å². The third-order valence-electron chi connectivity index (χ3n) is 3.11. The van der Waals surface area contributed by atoms with Crippen molar-refractivity contribution in [3.05, 3.63) is 4.91 Å². The fourth-order valence-corrected chi connectivity index (χ4v) is 2.30. The fourth-order valence-electron chi connectivity index (χ4n) is 2.30. The molecule has 0 radical (unpaired) electrons. The van der Waals surface area contributed by atoms with Crippen LogP contribution in [0.5, 0.6) is 0 Å². The maximum atomic E-state index is 10.5. The standard InChI is InChI=1S/C9H17NO2/c1-5-4-6(2)9(11)7(3)8(5)10-12/h5-9,11H,4H2,1-3H3/t5-,6?,7?,8-,9+/m0/s1. The van der Waals surface area contributed by atoms with Gasteiger partial charge in [-0.1, -0.05) is 25.9 Å². The van der Waals surface area contributed by atoms with Gasteiger partial charge in [-0.15, -0.1) is 0 Å². The van der Waals surface area contributed by atoms with E-state index in [9.17, 15) is 10.0 Å². The monoisotopic (exact) mass is 171 g/mol. The van der Waals surface area contributed by atoms with E-state index < -0.39 is 0 Å². The Morgan fingerprint density at radius 1 is 1.25 bits per heavy atom. The lowest BCUT2D eigenvalue weighted by atomic mass is 9.72. The molecule has 0 aromatic rings. The van der Waals surface area contributed by atoms with Gasteiger partial charge in [0.1, 0.15) is 0 Å². The summed E-state index contributed by atoms with van der Waals surface area (Å²) in [4.78, 5) is 10.5. The van der Waals surface area contributed by atoms with Crippen LogP contribution in [0, 0.1) is 22.7 Å². The van der Waals surface area contributed by atoms with Gasteiger partial charge in [0.05, 0.1) is 12.1 Å². The van der Waals surface area contributed by atoms with Gasteiger partial charge in [0.2, 0.25) is 0 Å². The minimum Gasteiger partial charge on any atom is -0.392 e. The van der Waals surface area contributed by atoms with Crippen LogP contribution in [-0.4, -0.2) is 17.3 Å². The van der Waals surface area contributed by atoms with Crippen molar-refractivity contribution in [1.29, 1.82) is 0 Å². The first-order chi connectivity index (χ1) is 5.57. The van der Waals surface area contributed by atoms with Crippen molar-refractivity contribution in [2.45, 2.75) is 39.3 Å². The average Bonchev–Trinajstić information content (AvgIpc) is 2.01. The van der Waals surface area contributed by atoms with Gasteiger partial charge in [-0.2, -0.15) is 4.91 Å². The van der Waals surface area contributed by atoms with Crippen molar-refractivity contribution in [3.8, 4) is 0 Å². The van der Waals surface area contributed by atoms with Gasteiger partial charge in [-0.05, 0) is 18.3 Å². The molecular formula is C9H17NO2. The van der Waals surface area contributed by atoms with Crippen LogP contribution in [0.1, 0.15) is 27.2 Å². The number of nitrogens with zero attached hydrogens (tertiary/aromatic N) is 1. The van der Waals surface area contributed by atoms with Crippen molar-refractivity contribution < 1.29 is 5.11 Å². The summed E-state index contributed by atoms with van der Waals surface area (Å²) in [7, 11) is 0. The summed E-state index contributed by atoms with van der Waals surface area (Å²) in [6, 6.07) is -0.198. The molecule has 5 atom stereocenters. The number of hydrogen-bond donors (Lipinski definition) is 1. The highest BCUT2D eigenvalue weighted by Crippen LogP contribution is 2.35. The van der Waals surface area contributed by atoms with Gasteiger partial charge in [0, 0.05) is 5.92 Å². The first-order valence-electron chi connectivity index (χ1n) is 4.58. The molecule has 3 nitrogen and oxygen atoms in total. The summed E-state index contributed by atoms with van der Waals surface area (Å²) in [5, 5.41) is 12.8. The third-order valence-corrected chi connectivity index (χ3v) is 3.11. The summed E-state index contributed by atoms with van der Waals surface area (Å²) in [5.41, 5.74) is 0. The Morgan fingerprint density at radius 2 is 1.83 bits per heavy atom. The lowest BCUT2D eigenvalue weighted by Crippen LogP contribution is -2.42. The molecule has 0 aromatic heterocycles. The highest BCUT2D eigenvalue weighted by molar-refractivity contribution is 4.90. The summed E-state index contributed by atoms with van der Waals surface area (Å²) in [6.07, 6.45) is 0.547. The van der Waals surface area contributed by atoms with Crippen molar-refractivity contribution in [2.75, 3.05) is 0 Å². The molecule has 1 rings (SSSR count). The van der Waals surface area contributed by atoms with E-state index >= 15 is 0 Å². The van der Waals surface area contributed by atoms with E-state index in [1.165, 1.54) is 0 Å². The summed E-state index contributed by atoms with van der Waals surface area (Å²) in [6.45, 7) is 5.96. The zero-order valence-corrected chi connectivity index (χ0v) is 7.90. The zero-order chi connectivity index (χ0) is 9.30. The number of nitroso groups, excluding NO2 is 1. The van der Waals surface area contributed by atoms with E-state index in [0.717, 1.165) is 6.42 Å². The molecule has 3 heteroatoms. The number of aliphatic hydroxyl groups is 1. The second-order valence-corrected chi connectivity index (χ2v) is 4.14. The molecule has 1 saturated carbocycles. The summed E-state index contributed by atoms with van der Waals surface area (Å²) >= 11 is 0. The molecule has 0 heterocycles. The van der Waals surface area contributed by atoms with Gasteiger partial charge in [0.15, 0.2) is 0 Å². The van der Waals surface area contributed by atoms with Crippen LogP contribution in [0.4, 0.5) is 0 Å². The van der Waals surface area contributed by atoms with E-state index in [0.29, 0.717) is 11.8 Å². The highest BCUT2D eigenvalue weighted by Gasteiger charge is 2.38. The van der Waals surface area contributed by atoms with Crippen LogP contribution in [0.25, 0.3) is 0 Å². The van der Waals surface area contributed by atoms with E-state index in [2.05, 4.69) is 5.18 Å². The lowest BCUT2D eigenvalue weighted by molar-refractivity contribution is 0.00232. The number of hydrogen-bond acceptors (Lipinski definition) is 3.